The van der Waals surface area contributed by atoms with E-state index in [0.717, 1.165) is 24.1 Å². The Balaban J connectivity index is 2.36. The van der Waals surface area contributed by atoms with E-state index in [1.807, 2.05) is 0 Å². The van der Waals surface area contributed by atoms with Gasteiger partial charge in [-0.2, -0.15) is 0 Å². The number of aryl methyl sites for hydroxylation is 1. The summed E-state index contributed by atoms with van der Waals surface area (Å²) >= 11 is 3.61. The van der Waals surface area contributed by atoms with Gasteiger partial charge in [0, 0.05) is 30.1 Å². The number of piperazine rings is 1. The van der Waals surface area contributed by atoms with Crippen molar-refractivity contribution in [3.05, 3.63) is 33.8 Å². The zero-order valence-electron chi connectivity index (χ0n) is 12.3. The fraction of sp³-hybridized carbons (Fsp3) is 0.600. The normalized spacial score (nSPS) is 22.7. The Hall–Kier alpha value is -0.420. The number of halogens is 1. The van der Waals surface area contributed by atoms with Crippen LogP contribution >= 0.6 is 15.9 Å². The molecule has 2 atom stereocenters. The fourth-order valence-electron chi connectivity index (χ4n) is 2.94. The van der Waals surface area contributed by atoms with Crippen molar-refractivity contribution in [1.29, 1.82) is 0 Å². The number of hydrogen-bond acceptors (Lipinski definition) is 3. The first-order valence-corrected chi connectivity index (χ1v) is 7.63. The number of nitrogens with zero attached hydrogens (tertiary/aromatic N) is 2. The smallest absolute Gasteiger partial charge is 0.0513 e. The van der Waals surface area contributed by atoms with E-state index in [0.29, 0.717) is 12.1 Å². The van der Waals surface area contributed by atoms with Gasteiger partial charge in [0.05, 0.1) is 6.04 Å². The first-order chi connectivity index (χ1) is 9.00. The third-order valence-corrected chi connectivity index (χ3v) is 4.53. The molecule has 4 heteroatoms. The molecule has 1 aliphatic heterocycles. The number of likely N-dealkylation sites (N-methyl/N-ethyl adjacent to an activating group) is 2. The minimum Gasteiger partial charge on any atom is -0.314 e. The van der Waals surface area contributed by atoms with Gasteiger partial charge in [-0.05, 0) is 51.3 Å². The van der Waals surface area contributed by atoms with Crippen LogP contribution in [0.4, 0.5) is 0 Å². The van der Waals surface area contributed by atoms with E-state index in [1.165, 1.54) is 11.1 Å². The molecule has 0 aliphatic carbocycles. The van der Waals surface area contributed by atoms with Crippen molar-refractivity contribution in [3.8, 4) is 0 Å². The van der Waals surface area contributed by atoms with E-state index in [9.17, 15) is 0 Å². The molecule has 1 heterocycles. The summed E-state index contributed by atoms with van der Waals surface area (Å²) in [6, 6.07) is 7.51. The molecule has 0 bridgehead atoms. The second kappa shape index (κ2) is 6.35. The molecule has 3 nitrogen and oxygen atoms in total. The van der Waals surface area contributed by atoms with Gasteiger partial charge in [-0.25, -0.2) is 0 Å². The van der Waals surface area contributed by atoms with E-state index in [4.69, 9.17) is 0 Å². The lowest BCUT2D eigenvalue weighted by molar-refractivity contribution is 0.107. The molecule has 0 spiro atoms. The molecule has 0 amide bonds. The van der Waals surface area contributed by atoms with Crippen LogP contribution in [0.1, 0.15) is 17.2 Å². The van der Waals surface area contributed by atoms with Gasteiger partial charge in [-0.15, -0.1) is 0 Å². The number of benzene rings is 1. The van der Waals surface area contributed by atoms with Crippen LogP contribution in [-0.4, -0.2) is 56.6 Å². The van der Waals surface area contributed by atoms with Crippen LogP contribution in [0, 0.1) is 6.92 Å². The highest BCUT2D eigenvalue weighted by Crippen LogP contribution is 2.30. The summed E-state index contributed by atoms with van der Waals surface area (Å²) in [5.74, 6) is 0. The van der Waals surface area contributed by atoms with Gasteiger partial charge in [-0.3, -0.25) is 4.90 Å². The van der Waals surface area contributed by atoms with E-state index in [2.05, 4.69) is 77.3 Å². The van der Waals surface area contributed by atoms with Gasteiger partial charge >= 0.3 is 0 Å². The van der Waals surface area contributed by atoms with Gasteiger partial charge in [0.25, 0.3) is 0 Å². The second-order valence-corrected chi connectivity index (χ2v) is 6.58. The largest absolute Gasteiger partial charge is 0.314 e. The standard InChI is InChI=1S/C15H24BrN3/c1-11-5-6-12(16)9-13(11)15(18(2)3)14-10-17-7-8-19(14)4/h5-6,9,14-15,17H,7-8,10H2,1-4H3. The van der Waals surface area contributed by atoms with Crippen LogP contribution in [0.25, 0.3) is 0 Å². The molecule has 0 saturated carbocycles. The molecule has 1 N–H and O–H groups in total. The van der Waals surface area contributed by atoms with E-state index < -0.39 is 0 Å². The Labute approximate surface area is 125 Å². The summed E-state index contributed by atoms with van der Waals surface area (Å²) in [5.41, 5.74) is 2.78. The number of hydrogen-bond donors (Lipinski definition) is 1. The second-order valence-electron chi connectivity index (χ2n) is 5.66. The van der Waals surface area contributed by atoms with Gasteiger partial charge in [0.15, 0.2) is 0 Å². The average Bonchev–Trinajstić information content (AvgIpc) is 2.36. The molecular weight excluding hydrogens is 302 g/mol. The lowest BCUT2D eigenvalue weighted by atomic mass is 9.92. The third-order valence-electron chi connectivity index (χ3n) is 4.04. The lowest BCUT2D eigenvalue weighted by Gasteiger charge is -2.42. The van der Waals surface area contributed by atoms with Gasteiger partial charge in [0.2, 0.25) is 0 Å². The summed E-state index contributed by atoms with van der Waals surface area (Å²) in [4.78, 5) is 4.81. The predicted octanol–water partition coefficient (Wildman–Crippen LogP) is 2.26. The summed E-state index contributed by atoms with van der Waals surface area (Å²) < 4.78 is 1.16. The summed E-state index contributed by atoms with van der Waals surface area (Å²) in [5, 5.41) is 3.52. The lowest BCUT2D eigenvalue weighted by Crippen LogP contribution is -2.54. The van der Waals surface area contributed by atoms with Crippen molar-refractivity contribution >= 4 is 15.9 Å². The van der Waals surface area contributed by atoms with Crippen LogP contribution in [0.5, 0.6) is 0 Å². The maximum absolute atomic E-state index is 3.61. The molecule has 1 aromatic rings. The first kappa shape index (κ1) is 15.0. The van der Waals surface area contributed by atoms with Gasteiger partial charge in [0.1, 0.15) is 0 Å². The Kier molecular flexibility index (Phi) is 5.01. The third kappa shape index (κ3) is 3.37. The first-order valence-electron chi connectivity index (χ1n) is 6.84. The van der Waals surface area contributed by atoms with Gasteiger partial charge in [-0.1, -0.05) is 22.0 Å². The van der Waals surface area contributed by atoms with Crippen molar-refractivity contribution in [3.63, 3.8) is 0 Å². The van der Waals surface area contributed by atoms with Crippen molar-refractivity contribution in [2.45, 2.75) is 19.0 Å². The summed E-state index contributed by atoms with van der Waals surface area (Å²) in [6.45, 7) is 5.45. The highest BCUT2D eigenvalue weighted by Gasteiger charge is 2.31. The minimum absolute atomic E-state index is 0.412. The molecule has 106 valence electrons. The van der Waals surface area contributed by atoms with Crippen molar-refractivity contribution in [2.75, 3.05) is 40.8 Å². The summed E-state index contributed by atoms with van der Waals surface area (Å²) in [6.07, 6.45) is 0. The molecule has 0 radical (unpaired) electrons. The topological polar surface area (TPSA) is 18.5 Å². The zero-order valence-corrected chi connectivity index (χ0v) is 13.9. The van der Waals surface area contributed by atoms with Crippen molar-refractivity contribution in [1.82, 2.24) is 15.1 Å². The molecule has 0 aromatic heterocycles. The maximum Gasteiger partial charge on any atom is 0.0513 e. The Morgan fingerprint density at radius 3 is 2.79 bits per heavy atom. The van der Waals surface area contributed by atoms with E-state index in [1.54, 1.807) is 0 Å². The highest BCUT2D eigenvalue weighted by molar-refractivity contribution is 9.10. The quantitative estimate of drug-likeness (QED) is 0.919. The number of rotatable bonds is 3. The monoisotopic (exact) mass is 325 g/mol. The Bertz CT molecular complexity index is 433. The minimum atomic E-state index is 0.412. The zero-order chi connectivity index (χ0) is 14.0. The van der Waals surface area contributed by atoms with Crippen LogP contribution in [0.2, 0.25) is 0 Å². The van der Waals surface area contributed by atoms with Crippen molar-refractivity contribution < 1.29 is 0 Å². The van der Waals surface area contributed by atoms with Gasteiger partial charge < -0.3 is 10.2 Å². The highest BCUT2D eigenvalue weighted by atomic mass is 79.9. The molecule has 2 unspecified atom stereocenters. The summed E-state index contributed by atoms with van der Waals surface area (Å²) in [7, 11) is 6.58. The molecule has 1 fully saturated rings. The molecule has 2 rings (SSSR count). The molecule has 1 saturated heterocycles. The van der Waals surface area contributed by atoms with E-state index in [-0.39, 0.29) is 0 Å². The Morgan fingerprint density at radius 1 is 1.42 bits per heavy atom. The Morgan fingerprint density at radius 2 is 2.16 bits per heavy atom. The molecule has 19 heavy (non-hydrogen) atoms. The van der Waals surface area contributed by atoms with Crippen LogP contribution in [0.15, 0.2) is 22.7 Å². The fourth-order valence-corrected chi connectivity index (χ4v) is 3.32. The van der Waals surface area contributed by atoms with E-state index >= 15 is 0 Å². The number of nitrogens with one attached hydrogen (secondary N) is 1. The SMILES string of the molecule is Cc1ccc(Br)cc1C(C1CNCCN1C)N(C)C. The molecule has 1 aliphatic rings. The van der Waals surface area contributed by atoms with Crippen LogP contribution in [-0.2, 0) is 0 Å². The molecular formula is C15H24BrN3. The average molecular weight is 326 g/mol. The van der Waals surface area contributed by atoms with Crippen LogP contribution in [0.3, 0.4) is 0 Å². The molecule has 1 aromatic carbocycles. The predicted molar refractivity (Wildman–Crippen MR) is 84.6 cm³/mol. The van der Waals surface area contributed by atoms with Crippen molar-refractivity contribution in [2.24, 2.45) is 0 Å². The maximum atomic E-state index is 3.61. The van der Waals surface area contributed by atoms with Crippen LogP contribution < -0.4 is 5.32 Å².